The van der Waals surface area contributed by atoms with Crippen molar-refractivity contribution < 1.29 is 31.1 Å². The molecule has 0 N–H and O–H groups in total. The van der Waals surface area contributed by atoms with Gasteiger partial charge in [0.15, 0.2) is 16.4 Å². The number of halogens is 3. The fraction of sp³-hybridized carbons (Fsp3) is 0.316. The second-order valence-corrected chi connectivity index (χ2v) is 8.38. The Morgan fingerprint density at radius 3 is 2.07 bits per heavy atom. The highest BCUT2D eigenvalue weighted by Gasteiger charge is 2.28. The molecular weight excluding hydrogens is 395 g/mol. The third kappa shape index (κ3) is 5.72. The summed E-state index contributed by atoms with van der Waals surface area (Å²) in [7, 11) is -1.72. The summed E-state index contributed by atoms with van der Waals surface area (Å²) in [6.45, 7) is 0.384. The molecular formula is C19H20F3NO4S. The number of sulfone groups is 1. The first kappa shape index (κ1) is 21.7. The topological polar surface area (TPSA) is 63.7 Å². The van der Waals surface area contributed by atoms with Crippen LogP contribution in [0.4, 0.5) is 13.2 Å². The molecule has 0 saturated heterocycles. The summed E-state index contributed by atoms with van der Waals surface area (Å²) in [5.41, 5.74) is 1.04. The Hall–Kier alpha value is -2.55. The lowest BCUT2D eigenvalue weighted by Gasteiger charge is -2.25. The zero-order chi connectivity index (χ0) is 21.1. The summed E-state index contributed by atoms with van der Waals surface area (Å²) in [6, 6.07) is 11.3. The SMILES string of the molecule is CC(c1ccc(S(C)(=O)=O)cc1)N(C)C(=O)c1ccc(OCC(F)(F)F)cc1. The van der Waals surface area contributed by atoms with Gasteiger partial charge in [0, 0.05) is 18.9 Å². The summed E-state index contributed by atoms with van der Waals surface area (Å²) in [4.78, 5) is 14.3. The quantitative estimate of drug-likeness (QED) is 0.719. The van der Waals surface area contributed by atoms with Crippen LogP contribution in [0.1, 0.15) is 28.9 Å². The van der Waals surface area contributed by atoms with Crippen molar-refractivity contribution in [2.24, 2.45) is 0 Å². The maximum Gasteiger partial charge on any atom is 0.422 e. The number of hydrogen-bond acceptors (Lipinski definition) is 4. The van der Waals surface area contributed by atoms with Crippen LogP contribution in [-0.2, 0) is 9.84 Å². The average Bonchev–Trinajstić information content (AvgIpc) is 2.64. The molecule has 0 bridgehead atoms. The zero-order valence-electron chi connectivity index (χ0n) is 15.5. The van der Waals surface area contributed by atoms with Gasteiger partial charge in [-0.05, 0) is 48.9 Å². The van der Waals surface area contributed by atoms with Gasteiger partial charge in [-0.1, -0.05) is 12.1 Å². The molecule has 5 nitrogen and oxygen atoms in total. The van der Waals surface area contributed by atoms with Crippen LogP contribution < -0.4 is 4.74 Å². The van der Waals surface area contributed by atoms with Crippen molar-refractivity contribution in [2.75, 3.05) is 19.9 Å². The van der Waals surface area contributed by atoms with Gasteiger partial charge in [0.1, 0.15) is 5.75 Å². The fourth-order valence-corrected chi connectivity index (χ4v) is 3.09. The van der Waals surface area contributed by atoms with Gasteiger partial charge in [-0.3, -0.25) is 4.79 Å². The first-order chi connectivity index (χ1) is 12.9. The monoisotopic (exact) mass is 415 g/mol. The number of hydrogen-bond donors (Lipinski definition) is 0. The Morgan fingerprint density at radius 1 is 1.07 bits per heavy atom. The molecule has 2 aromatic rings. The number of alkyl halides is 3. The molecule has 0 saturated carbocycles. The van der Waals surface area contributed by atoms with E-state index in [0.29, 0.717) is 5.56 Å². The second kappa shape index (κ2) is 8.22. The van der Waals surface area contributed by atoms with Crippen molar-refractivity contribution in [1.29, 1.82) is 0 Å². The lowest BCUT2D eigenvalue weighted by atomic mass is 10.1. The molecule has 0 radical (unpaired) electrons. The molecule has 0 aromatic heterocycles. The van der Waals surface area contributed by atoms with Crippen LogP contribution in [0.2, 0.25) is 0 Å². The van der Waals surface area contributed by atoms with Crippen LogP contribution in [0.15, 0.2) is 53.4 Å². The molecule has 0 fully saturated rings. The fourth-order valence-electron chi connectivity index (χ4n) is 2.46. The molecule has 152 valence electrons. The van der Waals surface area contributed by atoms with E-state index in [-0.39, 0.29) is 22.6 Å². The Kier molecular flexibility index (Phi) is 6.38. The third-order valence-electron chi connectivity index (χ3n) is 4.20. The van der Waals surface area contributed by atoms with Gasteiger partial charge in [0.05, 0.1) is 10.9 Å². The molecule has 0 heterocycles. The van der Waals surface area contributed by atoms with E-state index in [9.17, 15) is 26.4 Å². The highest BCUT2D eigenvalue weighted by molar-refractivity contribution is 7.90. The molecule has 1 amide bonds. The standard InChI is InChI=1S/C19H20F3NO4S/c1-13(14-6-10-17(11-7-14)28(3,25)26)23(2)18(24)15-4-8-16(9-5-15)27-12-19(20,21)22/h4-11,13H,12H2,1-3H3. The first-order valence-electron chi connectivity index (χ1n) is 8.25. The van der Waals surface area contributed by atoms with Crippen LogP contribution in [-0.4, -0.2) is 45.3 Å². The van der Waals surface area contributed by atoms with Gasteiger partial charge >= 0.3 is 6.18 Å². The number of ether oxygens (including phenoxy) is 1. The van der Waals surface area contributed by atoms with Gasteiger partial charge < -0.3 is 9.64 Å². The summed E-state index contributed by atoms with van der Waals surface area (Å²) in [6.07, 6.45) is -3.32. The van der Waals surface area contributed by atoms with E-state index >= 15 is 0 Å². The van der Waals surface area contributed by atoms with Crippen LogP contribution in [0, 0.1) is 0 Å². The van der Waals surface area contributed by atoms with Crippen molar-refractivity contribution >= 4 is 15.7 Å². The van der Waals surface area contributed by atoms with E-state index < -0.39 is 22.6 Å². The van der Waals surface area contributed by atoms with Crippen molar-refractivity contribution in [3.8, 4) is 5.75 Å². The maximum atomic E-state index is 12.6. The van der Waals surface area contributed by atoms with Gasteiger partial charge in [-0.2, -0.15) is 13.2 Å². The number of nitrogens with zero attached hydrogens (tertiary/aromatic N) is 1. The summed E-state index contributed by atoms with van der Waals surface area (Å²) < 4.78 is 64.2. The Labute approximate surface area is 161 Å². The highest BCUT2D eigenvalue weighted by atomic mass is 32.2. The Balaban J connectivity index is 2.08. The maximum absolute atomic E-state index is 12.6. The smallest absolute Gasteiger partial charge is 0.422 e. The molecule has 0 aliphatic heterocycles. The average molecular weight is 415 g/mol. The lowest BCUT2D eigenvalue weighted by Crippen LogP contribution is -2.29. The van der Waals surface area contributed by atoms with E-state index in [1.54, 1.807) is 26.1 Å². The van der Waals surface area contributed by atoms with Gasteiger partial charge in [0.25, 0.3) is 5.91 Å². The molecule has 0 aliphatic carbocycles. The first-order valence-corrected chi connectivity index (χ1v) is 10.1. The largest absolute Gasteiger partial charge is 0.484 e. The number of amides is 1. The molecule has 2 rings (SSSR count). The van der Waals surface area contributed by atoms with E-state index in [2.05, 4.69) is 4.74 Å². The minimum absolute atomic E-state index is 0.0148. The Morgan fingerprint density at radius 2 is 1.61 bits per heavy atom. The number of rotatable bonds is 6. The minimum Gasteiger partial charge on any atom is -0.484 e. The molecule has 1 unspecified atom stereocenters. The van der Waals surface area contributed by atoms with Crippen LogP contribution >= 0.6 is 0 Å². The van der Waals surface area contributed by atoms with E-state index in [1.165, 1.54) is 41.3 Å². The van der Waals surface area contributed by atoms with Gasteiger partial charge in [-0.25, -0.2) is 8.42 Å². The van der Waals surface area contributed by atoms with Gasteiger partial charge in [0.2, 0.25) is 0 Å². The van der Waals surface area contributed by atoms with Crippen LogP contribution in [0.5, 0.6) is 5.75 Å². The van der Waals surface area contributed by atoms with E-state index in [1.807, 2.05) is 0 Å². The minimum atomic E-state index is -4.43. The van der Waals surface area contributed by atoms with E-state index in [4.69, 9.17) is 0 Å². The summed E-state index contributed by atoms with van der Waals surface area (Å²) in [5.74, 6) is -0.317. The molecule has 2 aromatic carbocycles. The molecule has 28 heavy (non-hydrogen) atoms. The van der Waals surface area contributed by atoms with E-state index in [0.717, 1.165) is 11.8 Å². The van der Waals surface area contributed by atoms with Crippen LogP contribution in [0.3, 0.4) is 0 Å². The van der Waals surface area contributed by atoms with Crippen molar-refractivity contribution in [3.63, 3.8) is 0 Å². The zero-order valence-corrected chi connectivity index (χ0v) is 16.3. The Bertz CT molecular complexity index is 923. The van der Waals surface area contributed by atoms with Crippen LogP contribution in [0.25, 0.3) is 0 Å². The van der Waals surface area contributed by atoms with Gasteiger partial charge in [-0.15, -0.1) is 0 Å². The number of carbonyl (C=O) groups excluding carboxylic acids is 1. The highest BCUT2D eigenvalue weighted by Crippen LogP contribution is 2.24. The number of carbonyl (C=O) groups is 1. The normalized spacial score (nSPS) is 13.1. The molecule has 0 aliphatic rings. The van der Waals surface area contributed by atoms with Crippen molar-refractivity contribution in [2.45, 2.75) is 24.0 Å². The molecule has 0 spiro atoms. The number of benzene rings is 2. The van der Waals surface area contributed by atoms with Crippen molar-refractivity contribution in [3.05, 3.63) is 59.7 Å². The van der Waals surface area contributed by atoms with Crippen molar-refractivity contribution in [1.82, 2.24) is 4.90 Å². The lowest BCUT2D eigenvalue weighted by molar-refractivity contribution is -0.153. The third-order valence-corrected chi connectivity index (χ3v) is 5.32. The second-order valence-electron chi connectivity index (χ2n) is 6.36. The predicted octanol–water partition coefficient (Wildman–Crippen LogP) is 3.86. The summed E-state index contributed by atoms with van der Waals surface area (Å²) in [5, 5.41) is 0. The summed E-state index contributed by atoms with van der Waals surface area (Å²) >= 11 is 0. The molecule has 9 heteroatoms. The molecule has 1 atom stereocenters. The predicted molar refractivity (Wildman–Crippen MR) is 98.1 cm³/mol.